The number of hydrogen-bond donors (Lipinski definition) is 1. The van der Waals surface area contributed by atoms with Crippen LogP contribution in [0.15, 0.2) is 30.6 Å². The first-order valence-electron chi connectivity index (χ1n) is 6.31. The maximum Gasteiger partial charge on any atom is 0.251 e. The summed E-state index contributed by atoms with van der Waals surface area (Å²) in [5.74, 6) is -0.124. The van der Waals surface area contributed by atoms with Crippen molar-refractivity contribution in [3.63, 3.8) is 0 Å². The molecule has 1 atom stereocenters. The molecule has 2 rings (SSSR count). The summed E-state index contributed by atoms with van der Waals surface area (Å²) in [6.45, 7) is 0.491. The van der Waals surface area contributed by atoms with Gasteiger partial charge < -0.3 is 10.1 Å². The quantitative estimate of drug-likeness (QED) is 0.820. The number of rotatable bonds is 6. The molecule has 1 unspecified atom stereocenters. The fourth-order valence-corrected chi connectivity index (χ4v) is 2.46. The van der Waals surface area contributed by atoms with Gasteiger partial charge in [-0.05, 0) is 24.6 Å². The van der Waals surface area contributed by atoms with Gasteiger partial charge in [0.05, 0.1) is 23.7 Å². The highest BCUT2D eigenvalue weighted by atomic mass is 79.9. The number of ether oxygens (including phenoxy) is 1. The van der Waals surface area contributed by atoms with Gasteiger partial charge >= 0.3 is 0 Å². The third-order valence-electron chi connectivity index (χ3n) is 2.89. The minimum absolute atomic E-state index is 0.00979. The number of methoxy groups -OCH3 is 1. The van der Waals surface area contributed by atoms with E-state index in [4.69, 9.17) is 4.74 Å². The van der Waals surface area contributed by atoms with Crippen LogP contribution in [0.4, 0.5) is 0 Å². The molecule has 0 radical (unpaired) electrons. The van der Waals surface area contributed by atoms with Crippen molar-refractivity contribution >= 4 is 32.9 Å². The third-order valence-corrected chi connectivity index (χ3v) is 3.35. The predicted octanol–water partition coefficient (Wildman–Crippen LogP) is 2.16. The van der Waals surface area contributed by atoms with Crippen molar-refractivity contribution in [3.05, 3.63) is 36.2 Å². The molecule has 0 aliphatic rings. The summed E-state index contributed by atoms with van der Waals surface area (Å²) in [4.78, 5) is 20.6. The zero-order valence-corrected chi connectivity index (χ0v) is 12.8. The molecule has 0 saturated carbocycles. The van der Waals surface area contributed by atoms with Crippen LogP contribution in [0.5, 0.6) is 0 Å². The Morgan fingerprint density at radius 3 is 2.80 bits per heavy atom. The first kappa shape index (κ1) is 14.9. The number of halogens is 1. The van der Waals surface area contributed by atoms with Crippen molar-refractivity contribution in [2.24, 2.45) is 0 Å². The Kier molecular flexibility index (Phi) is 5.43. The summed E-state index contributed by atoms with van der Waals surface area (Å²) in [6, 6.07) is 5.29. The van der Waals surface area contributed by atoms with Crippen LogP contribution in [0.2, 0.25) is 0 Å². The molecule has 6 heteroatoms. The molecule has 20 heavy (non-hydrogen) atoms. The van der Waals surface area contributed by atoms with E-state index in [9.17, 15) is 4.79 Å². The highest BCUT2D eigenvalue weighted by Crippen LogP contribution is 2.11. The lowest BCUT2D eigenvalue weighted by Gasteiger charge is -2.16. The molecule has 106 valence electrons. The lowest BCUT2D eigenvalue weighted by Crippen LogP contribution is -2.38. The second kappa shape index (κ2) is 7.31. The monoisotopic (exact) mass is 337 g/mol. The van der Waals surface area contributed by atoms with E-state index in [1.54, 1.807) is 37.7 Å². The number of aromatic nitrogens is 2. The van der Waals surface area contributed by atoms with Gasteiger partial charge in [0.2, 0.25) is 0 Å². The molecule has 0 saturated heterocycles. The Bertz CT molecular complexity index is 585. The standard InChI is InChI=1S/C14H16BrN3O2/c1-20-9-11(4-5-15)18-14(19)10-2-3-12-13(8-10)17-7-6-16-12/h2-3,6-8,11H,4-5,9H2,1H3,(H,18,19). The van der Waals surface area contributed by atoms with Gasteiger partial charge in [-0.15, -0.1) is 0 Å². The van der Waals surface area contributed by atoms with Gasteiger partial charge in [-0.3, -0.25) is 14.8 Å². The molecular weight excluding hydrogens is 322 g/mol. The largest absolute Gasteiger partial charge is 0.383 e. The molecule has 1 N–H and O–H groups in total. The van der Waals surface area contributed by atoms with Crippen LogP contribution in [0, 0.1) is 0 Å². The summed E-state index contributed by atoms with van der Waals surface area (Å²) in [6.07, 6.45) is 4.06. The van der Waals surface area contributed by atoms with Crippen LogP contribution < -0.4 is 5.32 Å². The van der Waals surface area contributed by atoms with E-state index in [1.807, 2.05) is 0 Å². The second-order valence-electron chi connectivity index (χ2n) is 4.36. The summed E-state index contributed by atoms with van der Waals surface area (Å²) in [7, 11) is 1.62. The van der Waals surface area contributed by atoms with Gasteiger partial charge in [0.1, 0.15) is 0 Å². The first-order chi connectivity index (χ1) is 9.74. The van der Waals surface area contributed by atoms with E-state index in [-0.39, 0.29) is 11.9 Å². The smallest absolute Gasteiger partial charge is 0.251 e. The maximum atomic E-state index is 12.2. The Morgan fingerprint density at radius 1 is 1.35 bits per heavy atom. The van der Waals surface area contributed by atoms with Crippen molar-refractivity contribution < 1.29 is 9.53 Å². The molecule has 2 aromatic rings. The number of nitrogens with zero attached hydrogens (tertiary/aromatic N) is 2. The van der Waals surface area contributed by atoms with E-state index in [0.717, 1.165) is 17.3 Å². The number of fused-ring (bicyclic) bond motifs is 1. The van der Waals surface area contributed by atoms with E-state index < -0.39 is 0 Å². The van der Waals surface area contributed by atoms with Gasteiger partial charge in [0.15, 0.2) is 0 Å². The average molecular weight is 338 g/mol. The van der Waals surface area contributed by atoms with Gasteiger partial charge in [-0.2, -0.15) is 0 Å². The highest BCUT2D eigenvalue weighted by molar-refractivity contribution is 9.09. The normalized spacial score (nSPS) is 12.3. The maximum absolute atomic E-state index is 12.2. The van der Waals surface area contributed by atoms with Crippen LogP contribution in [-0.2, 0) is 4.74 Å². The van der Waals surface area contributed by atoms with E-state index in [1.165, 1.54) is 0 Å². The van der Waals surface area contributed by atoms with Gasteiger partial charge in [0, 0.05) is 30.4 Å². The summed E-state index contributed by atoms with van der Waals surface area (Å²) < 4.78 is 5.11. The topological polar surface area (TPSA) is 64.1 Å². The highest BCUT2D eigenvalue weighted by Gasteiger charge is 2.13. The fourth-order valence-electron chi connectivity index (χ4n) is 1.90. The van der Waals surface area contributed by atoms with Crippen molar-refractivity contribution in [1.82, 2.24) is 15.3 Å². The van der Waals surface area contributed by atoms with Crippen LogP contribution in [0.25, 0.3) is 11.0 Å². The Morgan fingerprint density at radius 2 is 2.10 bits per heavy atom. The van der Waals surface area contributed by atoms with Gasteiger partial charge in [0.25, 0.3) is 5.91 Å². The average Bonchev–Trinajstić information content (AvgIpc) is 2.47. The molecule has 0 fully saturated rings. The van der Waals surface area contributed by atoms with E-state index in [2.05, 4.69) is 31.2 Å². The number of alkyl halides is 1. The van der Waals surface area contributed by atoms with E-state index in [0.29, 0.717) is 17.7 Å². The van der Waals surface area contributed by atoms with E-state index >= 15 is 0 Å². The van der Waals surface area contributed by atoms with Gasteiger partial charge in [-0.1, -0.05) is 15.9 Å². The lowest BCUT2D eigenvalue weighted by molar-refractivity contribution is 0.0895. The fraction of sp³-hybridized carbons (Fsp3) is 0.357. The molecule has 1 heterocycles. The number of benzene rings is 1. The molecule has 1 amide bonds. The molecule has 0 bridgehead atoms. The van der Waals surface area contributed by atoms with Crippen LogP contribution in [0.1, 0.15) is 16.8 Å². The van der Waals surface area contributed by atoms with Crippen molar-refractivity contribution in [2.75, 3.05) is 19.0 Å². The summed E-state index contributed by atoms with van der Waals surface area (Å²) in [5.41, 5.74) is 2.07. The zero-order chi connectivity index (χ0) is 14.4. The SMILES string of the molecule is COCC(CCBr)NC(=O)c1ccc2nccnc2c1. The predicted molar refractivity (Wildman–Crippen MR) is 81.1 cm³/mol. The first-order valence-corrected chi connectivity index (χ1v) is 7.43. The lowest BCUT2D eigenvalue weighted by atomic mass is 10.1. The van der Waals surface area contributed by atoms with Crippen LogP contribution >= 0.6 is 15.9 Å². The third kappa shape index (κ3) is 3.74. The Balaban J connectivity index is 2.13. The number of amides is 1. The number of carbonyl (C=O) groups excluding carboxylic acids is 1. The minimum atomic E-state index is -0.124. The Labute approximate surface area is 125 Å². The molecule has 1 aromatic carbocycles. The number of hydrogen-bond acceptors (Lipinski definition) is 4. The van der Waals surface area contributed by atoms with Crippen LogP contribution in [0.3, 0.4) is 0 Å². The molecule has 0 aliphatic carbocycles. The molecule has 5 nitrogen and oxygen atoms in total. The number of carbonyl (C=O) groups is 1. The molecule has 0 spiro atoms. The molecule has 1 aromatic heterocycles. The number of nitrogens with one attached hydrogen (secondary N) is 1. The van der Waals surface area contributed by atoms with Crippen molar-refractivity contribution in [1.29, 1.82) is 0 Å². The zero-order valence-electron chi connectivity index (χ0n) is 11.2. The van der Waals surface area contributed by atoms with Crippen molar-refractivity contribution in [2.45, 2.75) is 12.5 Å². The molecular formula is C14H16BrN3O2. The van der Waals surface area contributed by atoms with Gasteiger partial charge in [-0.25, -0.2) is 0 Å². The van der Waals surface area contributed by atoms with Crippen molar-refractivity contribution in [3.8, 4) is 0 Å². The van der Waals surface area contributed by atoms with Crippen LogP contribution in [-0.4, -0.2) is 41.0 Å². The summed E-state index contributed by atoms with van der Waals surface area (Å²) in [5, 5.41) is 3.77. The minimum Gasteiger partial charge on any atom is -0.383 e. The summed E-state index contributed by atoms with van der Waals surface area (Å²) >= 11 is 3.37. The molecule has 0 aliphatic heterocycles. The Hall–Kier alpha value is -1.53. The second-order valence-corrected chi connectivity index (χ2v) is 5.16.